The van der Waals surface area contributed by atoms with Gasteiger partial charge >= 0.3 is 0 Å². The standard InChI is InChI=1S/C17H17Cl2N3OS/c1-8-21-15(16(24-8)11-3-2-4-12(18)14(11)19)17(23)22-10(7-20)5-9-6-13(9)22/h2-4,9-10,13H,5-7,20H2,1H3/t9-,10+,13+/m1/s1. The molecule has 1 saturated heterocycles. The largest absolute Gasteiger partial charge is 0.330 e. The van der Waals surface area contributed by atoms with Gasteiger partial charge in [0.05, 0.1) is 19.9 Å². The Kier molecular flexibility index (Phi) is 4.07. The normalized spacial score (nSPS) is 25.0. The van der Waals surface area contributed by atoms with Gasteiger partial charge in [-0.05, 0) is 31.7 Å². The van der Waals surface area contributed by atoms with Crippen LogP contribution >= 0.6 is 34.5 Å². The number of rotatable bonds is 3. The fraction of sp³-hybridized carbons (Fsp3) is 0.412. The Morgan fingerprint density at radius 1 is 1.42 bits per heavy atom. The summed E-state index contributed by atoms with van der Waals surface area (Å²) in [5, 5.41) is 1.76. The summed E-state index contributed by atoms with van der Waals surface area (Å²) in [5.41, 5.74) is 7.09. The number of likely N-dealkylation sites (tertiary alicyclic amines) is 1. The van der Waals surface area contributed by atoms with E-state index in [-0.39, 0.29) is 11.9 Å². The van der Waals surface area contributed by atoms with Crippen LogP contribution in [-0.4, -0.2) is 34.4 Å². The number of aromatic nitrogens is 1. The lowest BCUT2D eigenvalue weighted by Gasteiger charge is -2.26. The summed E-state index contributed by atoms with van der Waals surface area (Å²) in [4.78, 5) is 20.4. The highest BCUT2D eigenvalue weighted by molar-refractivity contribution is 7.15. The number of aryl methyl sites for hydroxylation is 1. The summed E-state index contributed by atoms with van der Waals surface area (Å²) in [6.45, 7) is 2.39. The van der Waals surface area contributed by atoms with Gasteiger partial charge in [0.1, 0.15) is 5.69 Å². The number of carbonyl (C=O) groups is 1. The van der Waals surface area contributed by atoms with Gasteiger partial charge in [-0.15, -0.1) is 11.3 Å². The third-order valence-corrected chi connectivity index (χ3v) is 6.67. The number of hydrogen-bond acceptors (Lipinski definition) is 4. The molecule has 0 radical (unpaired) electrons. The summed E-state index contributed by atoms with van der Waals surface area (Å²) in [5.74, 6) is 0.575. The highest BCUT2D eigenvalue weighted by atomic mass is 35.5. The quantitative estimate of drug-likeness (QED) is 0.874. The second-order valence-electron chi connectivity index (χ2n) is 6.41. The summed E-state index contributed by atoms with van der Waals surface area (Å²) < 4.78 is 0. The van der Waals surface area contributed by atoms with Crippen molar-refractivity contribution in [1.29, 1.82) is 0 Å². The Labute approximate surface area is 154 Å². The highest BCUT2D eigenvalue weighted by Gasteiger charge is 2.54. The molecule has 2 aliphatic rings. The van der Waals surface area contributed by atoms with Gasteiger partial charge in [-0.2, -0.15) is 0 Å². The molecule has 1 aliphatic carbocycles. The van der Waals surface area contributed by atoms with Gasteiger partial charge in [-0.25, -0.2) is 4.98 Å². The molecule has 1 amide bonds. The first-order valence-electron chi connectivity index (χ1n) is 7.95. The summed E-state index contributed by atoms with van der Waals surface area (Å²) in [7, 11) is 0. The number of amides is 1. The van der Waals surface area contributed by atoms with E-state index in [1.165, 1.54) is 11.3 Å². The van der Waals surface area contributed by atoms with Crippen molar-refractivity contribution >= 4 is 40.4 Å². The smallest absolute Gasteiger partial charge is 0.274 e. The van der Waals surface area contributed by atoms with Gasteiger partial charge in [-0.1, -0.05) is 35.3 Å². The Bertz CT molecular complexity index is 822. The predicted octanol–water partition coefficient (Wildman–Crippen LogP) is 3.99. The molecular weight excluding hydrogens is 365 g/mol. The van der Waals surface area contributed by atoms with Crippen LogP contribution < -0.4 is 5.73 Å². The molecule has 0 bridgehead atoms. The minimum Gasteiger partial charge on any atom is -0.330 e. The highest BCUT2D eigenvalue weighted by Crippen LogP contribution is 2.49. The molecule has 2 heterocycles. The van der Waals surface area contributed by atoms with Crippen molar-refractivity contribution < 1.29 is 4.79 Å². The van der Waals surface area contributed by atoms with Gasteiger partial charge in [0, 0.05) is 24.2 Å². The Balaban J connectivity index is 1.77. The lowest BCUT2D eigenvalue weighted by molar-refractivity contribution is 0.0701. The minimum atomic E-state index is -0.0363. The molecule has 4 rings (SSSR count). The summed E-state index contributed by atoms with van der Waals surface area (Å²) >= 11 is 14.0. The molecule has 1 aromatic carbocycles. The number of nitrogens with zero attached hydrogens (tertiary/aromatic N) is 2. The molecule has 4 nitrogen and oxygen atoms in total. The van der Waals surface area contributed by atoms with Gasteiger partial charge in [-0.3, -0.25) is 4.79 Å². The van der Waals surface area contributed by atoms with Crippen LogP contribution in [0.2, 0.25) is 10.0 Å². The Hall–Kier alpha value is -1.14. The zero-order valence-electron chi connectivity index (χ0n) is 13.1. The Morgan fingerprint density at radius 2 is 2.21 bits per heavy atom. The number of halogens is 2. The van der Waals surface area contributed by atoms with Crippen molar-refractivity contribution in [3.05, 3.63) is 38.9 Å². The van der Waals surface area contributed by atoms with Gasteiger partial charge in [0.15, 0.2) is 0 Å². The second-order valence-corrected chi connectivity index (χ2v) is 8.40. The molecule has 1 saturated carbocycles. The monoisotopic (exact) mass is 381 g/mol. The average Bonchev–Trinajstić information content (AvgIpc) is 3.05. The van der Waals surface area contributed by atoms with Gasteiger partial charge in [0.2, 0.25) is 0 Å². The van der Waals surface area contributed by atoms with Crippen molar-refractivity contribution in [2.45, 2.75) is 31.8 Å². The van der Waals surface area contributed by atoms with E-state index < -0.39 is 0 Å². The van der Waals surface area contributed by atoms with Crippen LogP contribution in [0.25, 0.3) is 10.4 Å². The summed E-state index contributed by atoms with van der Waals surface area (Å²) in [6, 6.07) is 5.90. The fourth-order valence-corrected chi connectivity index (χ4v) is 5.03. The molecule has 2 fully saturated rings. The van der Waals surface area contributed by atoms with E-state index in [4.69, 9.17) is 28.9 Å². The lowest BCUT2D eigenvalue weighted by Crippen LogP contribution is -2.42. The Morgan fingerprint density at radius 3 is 2.96 bits per heavy atom. The number of carbonyl (C=O) groups excluding carboxylic acids is 1. The molecule has 0 unspecified atom stereocenters. The average molecular weight is 382 g/mol. The van der Waals surface area contributed by atoms with E-state index >= 15 is 0 Å². The van der Waals surface area contributed by atoms with Crippen LogP contribution in [0.1, 0.15) is 28.3 Å². The number of nitrogens with two attached hydrogens (primary N) is 1. The van der Waals surface area contributed by atoms with E-state index in [9.17, 15) is 4.79 Å². The molecule has 0 spiro atoms. The van der Waals surface area contributed by atoms with E-state index in [0.717, 1.165) is 28.3 Å². The van der Waals surface area contributed by atoms with E-state index in [0.29, 0.717) is 34.2 Å². The van der Waals surface area contributed by atoms with E-state index in [2.05, 4.69) is 4.98 Å². The minimum absolute atomic E-state index is 0.0363. The third-order valence-electron chi connectivity index (χ3n) is 4.85. The molecule has 7 heteroatoms. The van der Waals surface area contributed by atoms with Crippen molar-refractivity contribution in [2.24, 2.45) is 11.7 Å². The molecule has 2 N–H and O–H groups in total. The lowest BCUT2D eigenvalue weighted by atomic mass is 10.1. The first-order chi connectivity index (χ1) is 11.5. The van der Waals surface area contributed by atoms with Crippen LogP contribution in [-0.2, 0) is 0 Å². The van der Waals surface area contributed by atoms with Crippen molar-refractivity contribution in [3.63, 3.8) is 0 Å². The van der Waals surface area contributed by atoms with Crippen molar-refractivity contribution in [1.82, 2.24) is 9.88 Å². The molecular formula is C17H17Cl2N3OS. The molecule has 1 aliphatic heterocycles. The number of fused-ring (bicyclic) bond motifs is 1. The molecule has 3 atom stereocenters. The number of benzene rings is 1. The first-order valence-corrected chi connectivity index (χ1v) is 9.53. The topological polar surface area (TPSA) is 59.2 Å². The van der Waals surface area contributed by atoms with E-state index in [1.807, 2.05) is 24.0 Å². The predicted molar refractivity (Wildman–Crippen MR) is 97.8 cm³/mol. The van der Waals surface area contributed by atoms with E-state index in [1.54, 1.807) is 6.07 Å². The second kappa shape index (κ2) is 5.99. The zero-order chi connectivity index (χ0) is 17.0. The van der Waals surface area contributed by atoms with Crippen LogP contribution in [0.4, 0.5) is 0 Å². The maximum atomic E-state index is 13.2. The summed E-state index contributed by atoms with van der Waals surface area (Å²) in [6.07, 6.45) is 2.09. The SMILES string of the molecule is Cc1nc(C(=O)N2[C@H](CN)C[C@@H]3C[C@@H]32)c(-c2cccc(Cl)c2Cl)s1. The van der Waals surface area contributed by atoms with Crippen LogP contribution in [0, 0.1) is 12.8 Å². The van der Waals surface area contributed by atoms with Crippen molar-refractivity contribution in [2.75, 3.05) is 6.54 Å². The molecule has 126 valence electrons. The third kappa shape index (κ3) is 2.54. The van der Waals surface area contributed by atoms with Gasteiger partial charge in [0.25, 0.3) is 5.91 Å². The van der Waals surface area contributed by atoms with Crippen LogP contribution in [0.3, 0.4) is 0 Å². The molecule has 2 aromatic rings. The number of thiazole rings is 1. The van der Waals surface area contributed by atoms with Gasteiger partial charge < -0.3 is 10.6 Å². The molecule has 24 heavy (non-hydrogen) atoms. The maximum absolute atomic E-state index is 13.2. The number of hydrogen-bond donors (Lipinski definition) is 1. The zero-order valence-corrected chi connectivity index (χ0v) is 15.5. The first kappa shape index (κ1) is 16.3. The maximum Gasteiger partial charge on any atom is 0.274 e. The number of piperidine rings is 1. The molecule has 1 aromatic heterocycles. The van der Waals surface area contributed by atoms with Crippen molar-refractivity contribution in [3.8, 4) is 10.4 Å². The van der Waals surface area contributed by atoms with Crippen LogP contribution in [0.5, 0.6) is 0 Å². The fourth-order valence-electron chi connectivity index (χ4n) is 3.64. The van der Waals surface area contributed by atoms with Crippen LogP contribution in [0.15, 0.2) is 18.2 Å².